The van der Waals surface area contributed by atoms with Gasteiger partial charge in [0.1, 0.15) is 0 Å². The van der Waals surface area contributed by atoms with E-state index in [2.05, 4.69) is 10.6 Å². The van der Waals surface area contributed by atoms with E-state index in [1.165, 1.54) is 24.3 Å². The Bertz CT molecular complexity index is 837. The maximum absolute atomic E-state index is 12.9. The zero-order valence-corrected chi connectivity index (χ0v) is 15.5. The fourth-order valence-electron chi connectivity index (χ4n) is 2.33. The molecule has 8 heteroatoms. The summed E-state index contributed by atoms with van der Waals surface area (Å²) in [5, 5.41) is 5.47. The van der Waals surface area contributed by atoms with Gasteiger partial charge in [-0.3, -0.25) is 4.79 Å². The molecule has 1 atom stereocenters. The second-order valence-electron chi connectivity index (χ2n) is 6.20. The molecule has 0 saturated carbocycles. The Morgan fingerprint density at radius 2 is 1.82 bits per heavy atom. The molecule has 0 aliphatic carbocycles. The molecule has 0 saturated heterocycles. The van der Waals surface area contributed by atoms with Gasteiger partial charge in [-0.2, -0.15) is 13.2 Å². The quantitative estimate of drug-likeness (QED) is 0.678. The van der Waals surface area contributed by atoms with Crippen LogP contribution in [0.1, 0.15) is 36.2 Å². The lowest BCUT2D eigenvalue weighted by Gasteiger charge is -2.14. The zero-order valence-electron chi connectivity index (χ0n) is 15.5. The summed E-state index contributed by atoms with van der Waals surface area (Å²) in [5.41, 5.74) is -0.255. The van der Waals surface area contributed by atoms with Crippen LogP contribution in [0.2, 0.25) is 0 Å². The van der Waals surface area contributed by atoms with Gasteiger partial charge < -0.3 is 15.4 Å². The normalized spacial score (nSPS) is 12.2. The van der Waals surface area contributed by atoms with E-state index in [4.69, 9.17) is 4.74 Å². The minimum absolute atomic E-state index is 0.0407. The fourth-order valence-corrected chi connectivity index (χ4v) is 2.33. The van der Waals surface area contributed by atoms with Crippen LogP contribution in [0, 0.1) is 0 Å². The summed E-state index contributed by atoms with van der Waals surface area (Å²) in [6.45, 7) is 3.29. The van der Waals surface area contributed by atoms with Gasteiger partial charge in [-0.05, 0) is 43.7 Å². The summed E-state index contributed by atoms with van der Waals surface area (Å²) in [5.74, 6) is -1.18. The molecule has 0 heterocycles. The largest absolute Gasteiger partial charge is 0.452 e. The molecule has 0 aliphatic heterocycles. The Balaban J connectivity index is 2.10. The maximum Gasteiger partial charge on any atom is 0.416 e. The number of hydrogen-bond donors (Lipinski definition) is 2. The molecule has 2 aromatic rings. The van der Waals surface area contributed by atoms with E-state index >= 15 is 0 Å². The van der Waals surface area contributed by atoms with Gasteiger partial charge in [0.25, 0.3) is 5.91 Å². The fraction of sp³-hybridized carbons (Fsp3) is 0.300. The second kappa shape index (κ2) is 9.25. The van der Waals surface area contributed by atoms with Crippen molar-refractivity contribution >= 4 is 23.3 Å². The topological polar surface area (TPSA) is 67.4 Å². The van der Waals surface area contributed by atoms with Crippen LogP contribution in [0.3, 0.4) is 0 Å². The Morgan fingerprint density at radius 1 is 1.11 bits per heavy atom. The van der Waals surface area contributed by atoms with Crippen molar-refractivity contribution in [2.75, 3.05) is 11.9 Å². The van der Waals surface area contributed by atoms with E-state index in [0.717, 1.165) is 18.6 Å². The average Bonchev–Trinajstić information content (AvgIpc) is 2.66. The summed E-state index contributed by atoms with van der Waals surface area (Å²) < 4.78 is 43.6. The van der Waals surface area contributed by atoms with Crippen LogP contribution in [-0.4, -0.2) is 24.5 Å². The highest BCUT2D eigenvalue weighted by Crippen LogP contribution is 2.31. The number of esters is 1. The molecule has 5 nitrogen and oxygen atoms in total. The SMILES string of the molecule is CC[C@@H](C)NC(=O)COC(=O)c1ccccc1Nc1cccc(C(F)(F)F)c1. The van der Waals surface area contributed by atoms with E-state index in [0.29, 0.717) is 0 Å². The first-order chi connectivity index (χ1) is 13.2. The molecule has 0 bridgehead atoms. The smallest absolute Gasteiger partial charge is 0.416 e. The molecular weight excluding hydrogens is 373 g/mol. The van der Waals surface area contributed by atoms with Crippen LogP contribution in [0.15, 0.2) is 48.5 Å². The lowest BCUT2D eigenvalue weighted by molar-refractivity contribution is -0.137. The first-order valence-corrected chi connectivity index (χ1v) is 8.70. The Labute approximate surface area is 160 Å². The van der Waals surface area contributed by atoms with Crippen molar-refractivity contribution in [1.29, 1.82) is 0 Å². The lowest BCUT2D eigenvalue weighted by Crippen LogP contribution is -2.35. The number of alkyl halides is 3. The monoisotopic (exact) mass is 394 g/mol. The van der Waals surface area contributed by atoms with Crippen LogP contribution in [-0.2, 0) is 15.7 Å². The Hall–Kier alpha value is -3.03. The summed E-state index contributed by atoms with van der Waals surface area (Å²) in [4.78, 5) is 24.1. The maximum atomic E-state index is 12.9. The molecule has 0 fully saturated rings. The van der Waals surface area contributed by atoms with E-state index in [9.17, 15) is 22.8 Å². The third kappa shape index (κ3) is 6.00. The Kier molecular flexibility index (Phi) is 7.03. The highest BCUT2D eigenvalue weighted by atomic mass is 19.4. The lowest BCUT2D eigenvalue weighted by atomic mass is 10.1. The molecule has 28 heavy (non-hydrogen) atoms. The number of anilines is 2. The molecule has 0 unspecified atom stereocenters. The minimum atomic E-state index is -4.47. The molecule has 0 aliphatic rings. The first-order valence-electron chi connectivity index (χ1n) is 8.70. The molecule has 2 aromatic carbocycles. The van der Waals surface area contributed by atoms with Gasteiger partial charge in [-0.1, -0.05) is 25.1 Å². The van der Waals surface area contributed by atoms with Crippen molar-refractivity contribution in [3.05, 3.63) is 59.7 Å². The van der Waals surface area contributed by atoms with Gasteiger partial charge in [0.05, 0.1) is 16.8 Å². The van der Waals surface area contributed by atoms with Crippen LogP contribution in [0.25, 0.3) is 0 Å². The van der Waals surface area contributed by atoms with Crippen molar-refractivity contribution in [3.63, 3.8) is 0 Å². The number of benzene rings is 2. The molecule has 150 valence electrons. The van der Waals surface area contributed by atoms with Gasteiger partial charge in [-0.25, -0.2) is 4.79 Å². The number of nitrogens with one attached hydrogen (secondary N) is 2. The number of ether oxygens (including phenoxy) is 1. The zero-order chi connectivity index (χ0) is 20.7. The van der Waals surface area contributed by atoms with Gasteiger partial charge >= 0.3 is 12.1 Å². The number of rotatable bonds is 7. The summed E-state index contributed by atoms with van der Waals surface area (Å²) in [7, 11) is 0. The number of carbonyl (C=O) groups is 2. The van der Waals surface area contributed by atoms with Gasteiger partial charge in [0.15, 0.2) is 6.61 Å². The third-order valence-corrected chi connectivity index (χ3v) is 3.97. The number of amides is 1. The highest BCUT2D eigenvalue weighted by Gasteiger charge is 2.30. The van der Waals surface area contributed by atoms with Crippen molar-refractivity contribution in [1.82, 2.24) is 5.32 Å². The van der Waals surface area contributed by atoms with Crippen molar-refractivity contribution < 1.29 is 27.5 Å². The van der Waals surface area contributed by atoms with Gasteiger partial charge in [0, 0.05) is 11.7 Å². The minimum Gasteiger partial charge on any atom is -0.452 e. The average molecular weight is 394 g/mol. The van der Waals surface area contributed by atoms with Crippen molar-refractivity contribution in [2.45, 2.75) is 32.5 Å². The van der Waals surface area contributed by atoms with E-state index in [1.807, 2.05) is 13.8 Å². The third-order valence-electron chi connectivity index (χ3n) is 3.97. The molecule has 0 aromatic heterocycles. The van der Waals surface area contributed by atoms with E-state index in [1.54, 1.807) is 12.1 Å². The summed E-state index contributed by atoms with van der Waals surface area (Å²) in [6.07, 6.45) is -3.73. The van der Waals surface area contributed by atoms with E-state index < -0.39 is 30.2 Å². The number of para-hydroxylation sites is 1. The van der Waals surface area contributed by atoms with E-state index in [-0.39, 0.29) is 23.0 Å². The second-order valence-corrected chi connectivity index (χ2v) is 6.20. The number of carbonyl (C=O) groups excluding carboxylic acids is 2. The molecule has 2 N–H and O–H groups in total. The summed E-state index contributed by atoms with van der Waals surface area (Å²) in [6, 6.07) is 10.8. The number of halogens is 3. The Morgan fingerprint density at radius 3 is 2.50 bits per heavy atom. The standard InChI is InChI=1S/C20H21F3N2O3/c1-3-13(2)24-18(26)12-28-19(27)16-9-4-5-10-17(16)25-15-8-6-7-14(11-15)20(21,22)23/h4-11,13,25H,3,12H2,1-2H3,(H,24,26)/t13-/m1/s1. The van der Waals surface area contributed by atoms with Crippen molar-refractivity contribution in [3.8, 4) is 0 Å². The predicted molar refractivity (Wildman–Crippen MR) is 99.3 cm³/mol. The first kappa shape index (κ1) is 21.3. The molecular formula is C20H21F3N2O3. The van der Waals surface area contributed by atoms with Crippen LogP contribution >= 0.6 is 0 Å². The molecule has 0 radical (unpaired) electrons. The van der Waals surface area contributed by atoms with Gasteiger partial charge in [-0.15, -0.1) is 0 Å². The highest BCUT2D eigenvalue weighted by molar-refractivity contribution is 5.97. The molecule has 2 rings (SSSR count). The summed E-state index contributed by atoms with van der Waals surface area (Å²) >= 11 is 0. The van der Waals surface area contributed by atoms with Crippen LogP contribution in [0.4, 0.5) is 24.5 Å². The van der Waals surface area contributed by atoms with Crippen molar-refractivity contribution in [2.24, 2.45) is 0 Å². The molecule has 1 amide bonds. The van der Waals surface area contributed by atoms with Crippen LogP contribution in [0.5, 0.6) is 0 Å². The molecule has 0 spiro atoms. The number of hydrogen-bond acceptors (Lipinski definition) is 4. The van der Waals surface area contributed by atoms with Crippen LogP contribution < -0.4 is 10.6 Å². The van der Waals surface area contributed by atoms with Gasteiger partial charge in [0.2, 0.25) is 0 Å². The predicted octanol–water partition coefficient (Wildman–Crippen LogP) is 4.52.